The van der Waals surface area contributed by atoms with Crippen molar-refractivity contribution in [1.82, 2.24) is 15.2 Å². The van der Waals surface area contributed by atoms with Crippen molar-refractivity contribution in [2.24, 2.45) is 0 Å². The maximum absolute atomic E-state index is 9.89. The molecule has 0 saturated carbocycles. The van der Waals surface area contributed by atoms with Crippen molar-refractivity contribution in [2.45, 2.75) is 0 Å². The van der Waals surface area contributed by atoms with E-state index in [1.165, 1.54) is 0 Å². The van der Waals surface area contributed by atoms with Gasteiger partial charge in [0.1, 0.15) is 0 Å². The Hall–Kier alpha value is -0.424. The Labute approximate surface area is 107 Å². The number of aromatic nitrogens is 3. The van der Waals surface area contributed by atoms with Gasteiger partial charge in [-0.2, -0.15) is 0 Å². The van der Waals surface area contributed by atoms with Crippen LogP contribution in [0.3, 0.4) is 0 Å². The molecule has 1 heterocycles. The molecule has 10 heteroatoms. The zero-order valence-electron chi connectivity index (χ0n) is 5.92. The maximum atomic E-state index is 9.89. The third-order valence-electron chi connectivity index (χ3n) is 0.798. The fourth-order valence-electron chi connectivity index (χ4n) is 0.408. The molecule has 0 aliphatic rings. The van der Waals surface area contributed by atoms with Gasteiger partial charge in [0, 0.05) is 4.98 Å². The van der Waals surface area contributed by atoms with E-state index in [-0.39, 0.29) is 51.4 Å². The summed E-state index contributed by atoms with van der Waals surface area (Å²) in [7, 11) is 0. The summed E-state index contributed by atoms with van der Waals surface area (Å²) in [5.41, 5.74) is 0. The van der Waals surface area contributed by atoms with Crippen LogP contribution in [0, 0.1) is 20.2 Å². The Kier molecular flexibility index (Phi) is 4.40. The van der Waals surface area contributed by atoms with Crippen LogP contribution >= 0.6 is 0 Å². The average molecular weight is 198 g/mol. The summed E-state index contributed by atoms with van der Waals surface area (Å²) >= 11 is 0. The van der Waals surface area contributed by atoms with Crippen molar-refractivity contribution in [2.75, 3.05) is 0 Å². The molecule has 0 aromatic carbocycles. The number of aromatic amines is 1. The second kappa shape index (κ2) is 4.56. The first-order valence-electron chi connectivity index (χ1n) is 2.32. The monoisotopic (exact) mass is 198 g/mol. The van der Waals surface area contributed by atoms with Crippen LogP contribution < -0.4 is 51.4 Å². The van der Waals surface area contributed by atoms with E-state index in [4.69, 9.17) is 0 Å². The summed E-state index contributed by atoms with van der Waals surface area (Å²) in [5, 5.41) is 24.5. The first kappa shape index (κ1) is 11.6. The van der Waals surface area contributed by atoms with Crippen LogP contribution in [0.2, 0.25) is 0 Å². The zero-order valence-corrected chi connectivity index (χ0v) is 9.04. The Balaban J connectivity index is 0.00000121. The van der Waals surface area contributed by atoms with Gasteiger partial charge in [-0.15, -0.1) is 0 Å². The zero-order chi connectivity index (χ0) is 8.43. The molecule has 0 spiro atoms. The summed E-state index contributed by atoms with van der Waals surface area (Å²) in [4.78, 5) is 20.9. The van der Waals surface area contributed by atoms with Crippen molar-refractivity contribution in [3.8, 4) is 0 Å². The molecule has 0 aliphatic carbocycles. The van der Waals surface area contributed by atoms with Gasteiger partial charge in [0.25, 0.3) is 0 Å². The van der Waals surface area contributed by atoms with E-state index in [0.29, 0.717) is 0 Å². The summed E-state index contributed by atoms with van der Waals surface area (Å²) in [6, 6.07) is 0. The molecule has 9 nitrogen and oxygen atoms in total. The van der Waals surface area contributed by atoms with Gasteiger partial charge in [-0.3, -0.25) is 0 Å². The number of nitro groups is 2. The van der Waals surface area contributed by atoms with E-state index in [9.17, 15) is 20.2 Å². The summed E-state index contributed by atoms with van der Waals surface area (Å²) in [6.07, 6.45) is 0. The standard InChI is InChI=1S/C2HN5O4.K/c8-6(9)1-3-2(5-4-1)7(10)11;/h(H,3,4,5);/q;+1. The largest absolute Gasteiger partial charge is 1.00 e. The Morgan fingerprint density at radius 3 is 2.08 bits per heavy atom. The van der Waals surface area contributed by atoms with Crippen LogP contribution in [0.4, 0.5) is 11.9 Å². The number of nitrogens with zero attached hydrogens (tertiary/aromatic N) is 4. The summed E-state index contributed by atoms with van der Waals surface area (Å²) < 4.78 is 0. The first-order chi connectivity index (χ1) is 5.11. The van der Waals surface area contributed by atoms with Gasteiger partial charge < -0.3 is 20.2 Å². The maximum Gasteiger partial charge on any atom is 1.00 e. The summed E-state index contributed by atoms with van der Waals surface area (Å²) in [5.74, 6) is -1.55. The SMILES string of the molecule is O=[N+]([O-])c1n[nH]c([N+](=O)[O-])n1.[K+]. The minimum atomic E-state index is -0.927. The minimum absolute atomic E-state index is 0. The van der Waals surface area contributed by atoms with Gasteiger partial charge in [0.15, 0.2) is 0 Å². The average Bonchev–Trinajstić information content (AvgIpc) is 2.33. The van der Waals surface area contributed by atoms with E-state index in [0.717, 1.165) is 0 Å². The fourth-order valence-corrected chi connectivity index (χ4v) is 0.408. The van der Waals surface area contributed by atoms with E-state index in [1.807, 2.05) is 0 Å². The third kappa shape index (κ3) is 2.56. The van der Waals surface area contributed by atoms with Crippen LogP contribution in [0.15, 0.2) is 0 Å². The normalized spacial score (nSPS) is 8.67. The van der Waals surface area contributed by atoms with Gasteiger partial charge in [0.2, 0.25) is 0 Å². The van der Waals surface area contributed by atoms with Gasteiger partial charge in [-0.25, -0.2) is 0 Å². The quantitative estimate of drug-likeness (QED) is 0.300. The summed E-state index contributed by atoms with van der Waals surface area (Å²) in [6.45, 7) is 0. The molecule has 1 rings (SSSR count). The van der Waals surface area contributed by atoms with Crippen LogP contribution in [-0.4, -0.2) is 25.0 Å². The molecule has 0 fully saturated rings. The minimum Gasteiger partial charge on any atom is -0.390 e. The fraction of sp³-hybridized carbons (Fsp3) is 0. The van der Waals surface area contributed by atoms with Crippen molar-refractivity contribution in [3.05, 3.63) is 20.2 Å². The second-order valence-electron chi connectivity index (χ2n) is 1.47. The molecule has 0 amide bonds. The third-order valence-corrected chi connectivity index (χ3v) is 0.798. The second-order valence-corrected chi connectivity index (χ2v) is 1.47. The van der Waals surface area contributed by atoms with Gasteiger partial charge in [-0.1, -0.05) is 5.10 Å². The molecule has 0 atom stereocenters. The Bertz CT molecular complexity index is 280. The van der Waals surface area contributed by atoms with E-state index in [2.05, 4.69) is 10.1 Å². The molecule has 0 radical (unpaired) electrons. The first-order valence-corrected chi connectivity index (χ1v) is 2.32. The van der Waals surface area contributed by atoms with E-state index >= 15 is 0 Å². The van der Waals surface area contributed by atoms with E-state index in [1.54, 1.807) is 5.10 Å². The van der Waals surface area contributed by atoms with Gasteiger partial charge in [0.05, 0.1) is 5.10 Å². The van der Waals surface area contributed by atoms with Gasteiger partial charge in [-0.05, 0) is 9.85 Å². The molecule has 0 saturated heterocycles. The number of rotatable bonds is 2. The number of hydrogen-bond donors (Lipinski definition) is 1. The molecule has 1 N–H and O–H groups in total. The molecule has 1 aromatic rings. The van der Waals surface area contributed by atoms with Crippen LogP contribution in [0.5, 0.6) is 0 Å². The number of hydrogen-bond acceptors (Lipinski definition) is 6. The molecule has 12 heavy (non-hydrogen) atoms. The van der Waals surface area contributed by atoms with Crippen LogP contribution in [0.1, 0.15) is 0 Å². The Morgan fingerprint density at radius 2 is 1.83 bits per heavy atom. The molecule has 0 aliphatic heterocycles. The molecule has 0 unspecified atom stereocenters. The molecule has 1 aromatic heterocycles. The van der Waals surface area contributed by atoms with Crippen molar-refractivity contribution < 1.29 is 61.2 Å². The molecule has 58 valence electrons. The molecular weight excluding hydrogens is 197 g/mol. The van der Waals surface area contributed by atoms with Crippen molar-refractivity contribution >= 4 is 11.9 Å². The predicted molar refractivity (Wildman–Crippen MR) is 29.7 cm³/mol. The smallest absolute Gasteiger partial charge is 0.390 e. The van der Waals surface area contributed by atoms with Gasteiger partial charge >= 0.3 is 63.3 Å². The van der Waals surface area contributed by atoms with Crippen molar-refractivity contribution in [3.63, 3.8) is 0 Å². The predicted octanol–water partition coefficient (Wildman–Crippen LogP) is -3.37. The van der Waals surface area contributed by atoms with Crippen LogP contribution in [-0.2, 0) is 0 Å². The molecule has 0 bridgehead atoms. The number of nitrogens with one attached hydrogen (secondary N) is 1. The van der Waals surface area contributed by atoms with E-state index < -0.39 is 21.7 Å². The topological polar surface area (TPSA) is 128 Å². The van der Waals surface area contributed by atoms with Crippen molar-refractivity contribution in [1.29, 1.82) is 0 Å². The van der Waals surface area contributed by atoms with Crippen LogP contribution in [0.25, 0.3) is 0 Å². The molecular formula is C2HKN5O4+. The number of H-pyrrole nitrogens is 1. The Morgan fingerprint density at radius 1 is 1.25 bits per heavy atom.